The monoisotopic (exact) mass is 453 g/mol. The number of carbonyl (C=O) groups excluding carboxylic acids is 3. The number of allylic oxidation sites excluding steroid dienone is 1. The Bertz CT molecular complexity index is 1100. The van der Waals surface area contributed by atoms with Crippen LogP contribution in [0.2, 0.25) is 0 Å². The highest BCUT2D eigenvalue weighted by atomic mass is 32.2. The van der Waals surface area contributed by atoms with Crippen LogP contribution >= 0.6 is 11.8 Å². The van der Waals surface area contributed by atoms with Crippen molar-refractivity contribution in [1.82, 2.24) is 10.6 Å². The Hall–Kier alpha value is -3.64. The van der Waals surface area contributed by atoms with Crippen molar-refractivity contribution in [2.24, 2.45) is 5.92 Å². The highest BCUT2D eigenvalue weighted by Gasteiger charge is 2.45. The Labute approximate surface area is 188 Å². The minimum atomic E-state index is -1.43. The first-order valence-corrected chi connectivity index (χ1v) is 10.7. The van der Waals surface area contributed by atoms with Crippen molar-refractivity contribution in [2.45, 2.75) is 12.5 Å². The van der Waals surface area contributed by atoms with Gasteiger partial charge in [-0.3, -0.25) is 14.4 Å². The van der Waals surface area contributed by atoms with E-state index in [0.29, 0.717) is 6.54 Å². The molecule has 2 N–H and O–H groups in total. The van der Waals surface area contributed by atoms with Crippen LogP contribution in [0.5, 0.6) is 0 Å². The Morgan fingerprint density at radius 2 is 1.88 bits per heavy atom. The van der Waals surface area contributed by atoms with Gasteiger partial charge in [0, 0.05) is 12.5 Å². The van der Waals surface area contributed by atoms with Gasteiger partial charge < -0.3 is 15.4 Å². The minimum Gasteiger partial charge on any atom is -0.468 e. The van der Waals surface area contributed by atoms with E-state index in [2.05, 4.69) is 10.6 Å². The summed E-state index contributed by atoms with van der Waals surface area (Å²) >= 11 is 0.941. The van der Waals surface area contributed by atoms with Crippen LogP contribution in [-0.2, 0) is 25.7 Å². The number of amides is 2. The van der Waals surface area contributed by atoms with Crippen molar-refractivity contribution in [1.29, 1.82) is 5.26 Å². The summed E-state index contributed by atoms with van der Waals surface area (Å²) in [5.74, 6) is -5.25. The molecule has 0 spiro atoms. The summed E-state index contributed by atoms with van der Waals surface area (Å²) in [7, 11) is 1.12. The third kappa shape index (κ3) is 5.15. The zero-order valence-electron chi connectivity index (χ0n) is 17.1. The van der Waals surface area contributed by atoms with Crippen LogP contribution in [0.1, 0.15) is 17.0 Å². The quantitative estimate of drug-likeness (QED) is 0.493. The normalized spacial score (nSPS) is 17.8. The van der Waals surface area contributed by atoms with Gasteiger partial charge in [0.2, 0.25) is 11.8 Å². The molecular formula is C23H20FN3O4S. The zero-order valence-corrected chi connectivity index (χ0v) is 17.9. The summed E-state index contributed by atoms with van der Waals surface area (Å²) in [6.07, 6.45) is 0. The largest absolute Gasteiger partial charge is 0.468 e. The Morgan fingerprint density at radius 3 is 2.53 bits per heavy atom. The van der Waals surface area contributed by atoms with E-state index in [1.807, 2.05) is 36.4 Å². The van der Waals surface area contributed by atoms with Crippen LogP contribution in [0.15, 0.2) is 65.2 Å². The maximum absolute atomic E-state index is 14.6. The first-order chi connectivity index (χ1) is 15.5. The molecule has 3 rings (SSSR count). The molecule has 0 aromatic heterocycles. The Kier molecular flexibility index (Phi) is 7.63. The number of halogens is 1. The first kappa shape index (κ1) is 23.0. The second-order valence-electron chi connectivity index (χ2n) is 6.89. The maximum Gasteiger partial charge on any atom is 0.319 e. The van der Waals surface area contributed by atoms with Crippen LogP contribution in [0.25, 0.3) is 0 Å². The van der Waals surface area contributed by atoms with E-state index in [-0.39, 0.29) is 27.8 Å². The molecule has 2 aromatic carbocycles. The number of esters is 1. The molecular weight excluding hydrogens is 433 g/mol. The number of nitrogens with one attached hydrogen (secondary N) is 2. The van der Waals surface area contributed by atoms with Crippen LogP contribution in [0.3, 0.4) is 0 Å². The molecule has 2 aromatic rings. The number of nitriles is 1. The molecule has 1 aliphatic rings. The highest BCUT2D eigenvalue weighted by Crippen LogP contribution is 2.40. The van der Waals surface area contributed by atoms with Gasteiger partial charge in [-0.05, 0) is 17.2 Å². The van der Waals surface area contributed by atoms with E-state index >= 15 is 0 Å². The number of hydrogen-bond acceptors (Lipinski definition) is 6. The van der Waals surface area contributed by atoms with Crippen molar-refractivity contribution >= 4 is 29.5 Å². The third-order valence-electron chi connectivity index (χ3n) is 4.90. The molecule has 2 amide bonds. The Balaban J connectivity index is 1.84. The van der Waals surface area contributed by atoms with Gasteiger partial charge in [-0.15, -0.1) is 0 Å². The summed E-state index contributed by atoms with van der Waals surface area (Å²) in [6, 6.07) is 16.9. The molecule has 0 fully saturated rings. The number of methoxy groups -OCH3 is 1. The topological polar surface area (TPSA) is 108 Å². The van der Waals surface area contributed by atoms with Crippen LogP contribution in [0.4, 0.5) is 4.39 Å². The molecule has 164 valence electrons. The molecule has 2 atom stereocenters. The summed E-state index contributed by atoms with van der Waals surface area (Å²) in [6.45, 7) is 0.332. The fourth-order valence-corrected chi connectivity index (χ4v) is 4.25. The molecule has 0 saturated carbocycles. The second-order valence-corrected chi connectivity index (χ2v) is 7.88. The number of thioether (sulfide) groups is 1. The average Bonchev–Trinajstić information content (AvgIpc) is 2.81. The fraction of sp³-hybridized carbons (Fsp3) is 0.217. The van der Waals surface area contributed by atoms with Crippen molar-refractivity contribution < 1.29 is 23.5 Å². The summed E-state index contributed by atoms with van der Waals surface area (Å²) in [5.41, 5.74) is 0.946. The van der Waals surface area contributed by atoms with E-state index in [1.165, 1.54) is 18.2 Å². The molecule has 9 heteroatoms. The standard InChI is InChI=1S/C23H20FN3O4S/c1-31-23(30)20-19(15-9-5-6-10-17(15)24)16(11-25)22(27-21(20)29)32-13-18(28)26-12-14-7-3-2-4-8-14/h2-10,19-20H,12-13H2,1H3,(H,26,28)(H,27,29). The van der Waals surface area contributed by atoms with Gasteiger partial charge >= 0.3 is 5.97 Å². The smallest absolute Gasteiger partial charge is 0.319 e. The number of carbonyl (C=O) groups is 3. The zero-order chi connectivity index (χ0) is 23.1. The van der Waals surface area contributed by atoms with E-state index in [1.54, 1.807) is 6.07 Å². The van der Waals surface area contributed by atoms with Crippen molar-refractivity contribution in [2.75, 3.05) is 12.9 Å². The lowest BCUT2D eigenvalue weighted by atomic mass is 9.78. The fourth-order valence-electron chi connectivity index (χ4n) is 3.37. The highest BCUT2D eigenvalue weighted by molar-refractivity contribution is 8.03. The molecule has 0 saturated heterocycles. The average molecular weight is 453 g/mol. The summed E-state index contributed by atoms with van der Waals surface area (Å²) in [4.78, 5) is 37.3. The van der Waals surface area contributed by atoms with Crippen LogP contribution < -0.4 is 10.6 Å². The number of hydrogen-bond donors (Lipinski definition) is 2. The minimum absolute atomic E-state index is 0.00837. The maximum atomic E-state index is 14.6. The van der Waals surface area contributed by atoms with E-state index < -0.39 is 29.5 Å². The van der Waals surface area contributed by atoms with Crippen LogP contribution in [0, 0.1) is 23.1 Å². The molecule has 0 bridgehead atoms. The SMILES string of the molecule is COC(=O)C1C(=O)NC(SCC(=O)NCc2ccccc2)=C(C#N)C1c1ccccc1F. The van der Waals surface area contributed by atoms with Crippen molar-refractivity contribution in [3.63, 3.8) is 0 Å². The van der Waals surface area contributed by atoms with E-state index in [0.717, 1.165) is 24.4 Å². The summed E-state index contributed by atoms with van der Waals surface area (Å²) < 4.78 is 19.3. The van der Waals surface area contributed by atoms with Crippen molar-refractivity contribution in [3.8, 4) is 6.07 Å². The van der Waals surface area contributed by atoms with Crippen LogP contribution in [-0.4, -0.2) is 30.6 Å². The molecule has 32 heavy (non-hydrogen) atoms. The Morgan fingerprint density at radius 1 is 1.19 bits per heavy atom. The first-order valence-electron chi connectivity index (χ1n) is 9.67. The number of ether oxygens (including phenoxy) is 1. The summed E-state index contributed by atoms with van der Waals surface area (Å²) in [5, 5.41) is 15.2. The van der Waals surface area contributed by atoms with Gasteiger partial charge in [-0.1, -0.05) is 60.3 Å². The van der Waals surface area contributed by atoms with Gasteiger partial charge in [-0.2, -0.15) is 5.26 Å². The third-order valence-corrected chi connectivity index (χ3v) is 5.92. The number of nitrogens with zero attached hydrogens (tertiary/aromatic N) is 1. The van der Waals surface area contributed by atoms with Gasteiger partial charge in [0.15, 0.2) is 0 Å². The predicted molar refractivity (Wildman–Crippen MR) is 116 cm³/mol. The molecule has 0 radical (unpaired) electrons. The van der Waals surface area contributed by atoms with E-state index in [4.69, 9.17) is 4.74 Å². The lowest BCUT2D eigenvalue weighted by Crippen LogP contribution is -2.44. The van der Waals surface area contributed by atoms with Gasteiger partial charge in [-0.25, -0.2) is 4.39 Å². The molecule has 0 aliphatic carbocycles. The molecule has 1 aliphatic heterocycles. The lowest BCUT2D eigenvalue weighted by molar-refractivity contribution is -0.150. The second kappa shape index (κ2) is 10.6. The molecule has 7 nitrogen and oxygen atoms in total. The number of rotatable bonds is 7. The van der Waals surface area contributed by atoms with Gasteiger partial charge in [0.25, 0.3) is 0 Å². The lowest BCUT2D eigenvalue weighted by Gasteiger charge is -2.31. The molecule has 2 unspecified atom stereocenters. The molecule has 1 heterocycles. The van der Waals surface area contributed by atoms with Crippen molar-refractivity contribution in [3.05, 3.63) is 82.1 Å². The van der Waals surface area contributed by atoms with E-state index in [9.17, 15) is 24.0 Å². The predicted octanol–water partition coefficient (Wildman–Crippen LogP) is 2.61. The van der Waals surface area contributed by atoms with Gasteiger partial charge in [0.1, 0.15) is 11.7 Å². The van der Waals surface area contributed by atoms with Gasteiger partial charge in [0.05, 0.1) is 29.5 Å². The number of benzene rings is 2.